The minimum absolute atomic E-state index is 0.199. The van der Waals surface area contributed by atoms with Crippen molar-refractivity contribution in [2.75, 3.05) is 6.26 Å². The lowest BCUT2D eigenvalue weighted by atomic mass is 10.6. The first kappa shape index (κ1) is 9.08. The summed E-state index contributed by atoms with van der Waals surface area (Å²) in [6.07, 6.45) is 4.38. The zero-order chi connectivity index (χ0) is 9.14. The molecule has 0 fully saturated rings. The normalized spacial score (nSPS) is 12.8. The van der Waals surface area contributed by atoms with Crippen LogP contribution in [-0.4, -0.2) is 31.4 Å². The lowest BCUT2D eigenvalue weighted by Gasteiger charge is -2.04. The molecule has 1 heterocycles. The second-order valence-corrected chi connectivity index (χ2v) is 3.46. The van der Waals surface area contributed by atoms with Crippen molar-refractivity contribution in [3.05, 3.63) is 12.4 Å². The third-order valence-electron chi connectivity index (χ3n) is 1.24. The van der Waals surface area contributed by atoms with E-state index >= 15 is 0 Å². The van der Waals surface area contributed by atoms with E-state index in [1.807, 2.05) is 0 Å². The molecule has 6 heteroatoms. The zero-order valence-electron chi connectivity index (χ0n) is 6.43. The van der Waals surface area contributed by atoms with Gasteiger partial charge in [0.25, 0.3) is 0 Å². The Morgan fingerprint density at radius 1 is 1.92 bits per heavy atom. The van der Waals surface area contributed by atoms with Gasteiger partial charge in [-0.25, -0.2) is 0 Å². The molecule has 0 aliphatic carbocycles. The maximum Gasteiger partial charge on any atom is 0.323 e. The molecule has 5 nitrogen and oxygen atoms in total. The summed E-state index contributed by atoms with van der Waals surface area (Å²) in [4.78, 5) is 14.1. The summed E-state index contributed by atoms with van der Waals surface area (Å²) in [5.74, 6) is -0.972. The summed E-state index contributed by atoms with van der Waals surface area (Å²) < 4.78 is 12.3. The van der Waals surface area contributed by atoms with Crippen molar-refractivity contribution in [2.24, 2.45) is 0 Å². The molecule has 0 aromatic carbocycles. The number of carboxylic acid groups (broad SMARTS) is 1. The zero-order valence-corrected chi connectivity index (χ0v) is 7.24. The monoisotopic (exact) mass is 188 g/mol. The van der Waals surface area contributed by atoms with Crippen molar-refractivity contribution in [1.29, 1.82) is 0 Å². The van der Waals surface area contributed by atoms with Gasteiger partial charge in [0, 0.05) is 17.4 Å². The van der Waals surface area contributed by atoms with E-state index in [2.05, 4.69) is 4.98 Å². The van der Waals surface area contributed by atoms with Crippen LogP contribution in [0.25, 0.3) is 0 Å². The van der Waals surface area contributed by atoms with Crippen LogP contribution in [0, 0.1) is 0 Å². The third kappa shape index (κ3) is 1.99. The fourth-order valence-corrected chi connectivity index (χ4v) is 1.49. The van der Waals surface area contributed by atoms with E-state index in [1.54, 1.807) is 0 Å². The maximum absolute atomic E-state index is 10.9. The van der Waals surface area contributed by atoms with E-state index in [0.29, 0.717) is 0 Å². The fourth-order valence-electron chi connectivity index (χ4n) is 0.821. The molecule has 0 spiro atoms. The van der Waals surface area contributed by atoms with Crippen molar-refractivity contribution in [3.8, 4) is 0 Å². The number of nitrogens with zero attached hydrogens (tertiary/aromatic N) is 2. The second kappa shape index (κ2) is 3.59. The van der Waals surface area contributed by atoms with Gasteiger partial charge in [0.1, 0.15) is 12.8 Å². The van der Waals surface area contributed by atoms with Crippen LogP contribution in [0.15, 0.2) is 17.6 Å². The van der Waals surface area contributed by atoms with Gasteiger partial charge in [-0.05, 0) is 0 Å². The van der Waals surface area contributed by atoms with Crippen molar-refractivity contribution in [1.82, 2.24) is 9.55 Å². The largest absolute Gasteiger partial charge is 0.609 e. The van der Waals surface area contributed by atoms with E-state index < -0.39 is 17.1 Å². The standard InChI is InChI=1S/C6H8N2O3S/c1-12(11)6-7-2-3-8(6)4-5(9)10/h2-3H,4H2,1H3,(H,9,10). The SMILES string of the molecule is C[S+]([O-])c1nccn1CC(=O)O. The van der Waals surface area contributed by atoms with Crippen molar-refractivity contribution >= 4 is 17.1 Å². The van der Waals surface area contributed by atoms with E-state index in [0.717, 1.165) is 0 Å². The van der Waals surface area contributed by atoms with Crippen LogP contribution in [0.3, 0.4) is 0 Å². The van der Waals surface area contributed by atoms with Gasteiger partial charge in [0.15, 0.2) is 0 Å². The Balaban J connectivity index is 2.84. The van der Waals surface area contributed by atoms with E-state index in [1.165, 1.54) is 23.2 Å². The molecule has 1 atom stereocenters. The molecular weight excluding hydrogens is 180 g/mol. The smallest absolute Gasteiger partial charge is 0.323 e. The van der Waals surface area contributed by atoms with Gasteiger partial charge in [-0.1, -0.05) is 0 Å². The predicted molar refractivity (Wildman–Crippen MR) is 42.2 cm³/mol. The first-order chi connectivity index (χ1) is 5.61. The summed E-state index contributed by atoms with van der Waals surface area (Å²) >= 11 is -1.24. The minimum atomic E-state index is -1.24. The summed E-state index contributed by atoms with van der Waals surface area (Å²) in [6, 6.07) is 0. The van der Waals surface area contributed by atoms with Gasteiger partial charge in [-0.3, -0.25) is 9.36 Å². The number of imidazole rings is 1. The van der Waals surface area contributed by atoms with Crippen LogP contribution in [0.5, 0.6) is 0 Å². The molecule has 0 radical (unpaired) electrons. The van der Waals surface area contributed by atoms with E-state index in [9.17, 15) is 9.35 Å². The lowest BCUT2D eigenvalue weighted by molar-refractivity contribution is -0.137. The Bertz CT molecular complexity index is 284. The molecule has 1 aromatic rings. The third-order valence-corrected chi connectivity index (χ3v) is 2.09. The van der Waals surface area contributed by atoms with Gasteiger partial charge in [-0.2, -0.15) is 4.98 Å². The van der Waals surface area contributed by atoms with Crippen LogP contribution in [0.1, 0.15) is 0 Å². The Morgan fingerprint density at radius 3 is 3.08 bits per heavy atom. The topological polar surface area (TPSA) is 78.2 Å². The molecule has 0 aliphatic rings. The second-order valence-electron chi connectivity index (χ2n) is 2.19. The highest BCUT2D eigenvalue weighted by atomic mass is 32.2. The summed E-state index contributed by atoms with van der Waals surface area (Å²) in [7, 11) is 0. The van der Waals surface area contributed by atoms with Crippen LogP contribution in [-0.2, 0) is 22.5 Å². The number of aromatic nitrogens is 2. The Morgan fingerprint density at radius 2 is 2.58 bits per heavy atom. The molecule has 1 N–H and O–H groups in total. The average molecular weight is 188 g/mol. The highest BCUT2D eigenvalue weighted by Crippen LogP contribution is 2.04. The fraction of sp³-hybridized carbons (Fsp3) is 0.333. The van der Waals surface area contributed by atoms with Crippen LogP contribution in [0.4, 0.5) is 0 Å². The van der Waals surface area contributed by atoms with Crippen molar-refractivity contribution in [2.45, 2.75) is 11.7 Å². The lowest BCUT2D eigenvalue weighted by Crippen LogP contribution is -2.14. The first-order valence-electron chi connectivity index (χ1n) is 3.17. The minimum Gasteiger partial charge on any atom is -0.609 e. The first-order valence-corrected chi connectivity index (χ1v) is 4.73. The Kier molecular flexibility index (Phi) is 2.72. The number of carbonyl (C=O) groups is 1. The Labute approximate surface area is 72.2 Å². The number of hydrogen-bond acceptors (Lipinski definition) is 3. The molecule has 1 rings (SSSR count). The van der Waals surface area contributed by atoms with Crippen molar-refractivity contribution < 1.29 is 14.5 Å². The molecular formula is C6H8N2O3S. The molecule has 66 valence electrons. The number of rotatable bonds is 3. The Hall–Kier alpha value is -1.01. The quantitative estimate of drug-likeness (QED) is 0.661. The highest BCUT2D eigenvalue weighted by molar-refractivity contribution is 7.90. The summed E-state index contributed by atoms with van der Waals surface area (Å²) in [6.45, 7) is -0.199. The van der Waals surface area contributed by atoms with Gasteiger partial charge >= 0.3 is 11.1 Å². The number of hydrogen-bond donors (Lipinski definition) is 1. The van der Waals surface area contributed by atoms with Gasteiger partial charge < -0.3 is 9.66 Å². The molecule has 0 bridgehead atoms. The van der Waals surface area contributed by atoms with Crippen LogP contribution < -0.4 is 0 Å². The predicted octanol–water partition coefficient (Wildman–Crippen LogP) is -0.295. The molecule has 12 heavy (non-hydrogen) atoms. The molecule has 0 aliphatic heterocycles. The molecule has 1 unspecified atom stereocenters. The van der Waals surface area contributed by atoms with Crippen molar-refractivity contribution in [3.63, 3.8) is 0 Å². The van der Waals surface area contributed by atoms with Gasteiger partial charge in [0.2, 0.25) is 0 Å². The molecule has 1 aromatic heterocycles. The van der Waals surface area contributed by atoms with Crippen LogP contribution >= 0.6 is 0 Å². The van der Waals surface area contributed by atoms with Crippen LogP contribution in [0.2, 0.25) is 0 Å². The molecule has 0 saturated heterocycles. The number of aliphatic carboxylic acids is 1. The maximum atomic E-state index is 10.9. The average Bonchev–Trinajstić information content (AvgIpc) is 2.33. The molecule has 0 saturated carbocycles. The number of carboxylic acids is 1. The highest BCUT2D eigenvalue weighted by Gasteiger charge is 2.13. The summed E-state index contributed by atoms with van der Waals surface area (Å²) in [5.41, 5.74) is 0. The van der Waals surface area contributed by atoms with Gasteiger partial charge in [-0.15, -0.1) is 0 Å². The van der Waals surface area contributed by atoms with E-state index in [4.69, 9.17) is 5.11 Å². The van der Waals surface area contributed by atoms with E-state index in [-0.39, 0.29) is 11.7 Å². The van der Waals surface area contributed by atoms with Gasteiger partial charge in [0.05, 0.1) is 6.20 Å². The summed E-state index contributed by atoms with van der Waals surface area (Å²) in [5, 5.41) is 8.73. The molecule has 0 amide bonds.